The van der Waals surface area contributed by atoms with Crippen LogP contribution in [0.1, 0.15) is 167 Å². The van der Waals surface area contributed by atoms with Crippen molar-refractivity contribution in [3.63, 3.8) is 0 Å². The van der Waals surface area contributed by atoms with Gasteiger partial charge >= 0.3 is 0 Å². The smallest absolute Gasteiger partial charge is 0.0948 e. The third-order valence-corrected chi connectivity index (χ3v) is 8.57. The van der Waals surface area contributed by atoms with Crippen LogP contribution in [0, 0.1) is 5.92 Å². The lowest BCUT2D eigenvalue weighted by Crippen LogP contribution is -2.21. The van der Waals surface area contributed by atoms with Gasteiger partial charge in [-0.2, -0.15) is 0 Å². The van der Waals surface area contributed by atoms with Crippen LogP contribution >= 0.6 is 0 Å². The fraction of sp³-hybridized carbons (Fsp3) is 0.750. The molecule has 1 aromatic heterocycles. The first-order valence-electron chi connectivity index (χ1n) is 16.9. The molecular formula is C36H62N2. The maximum Gasteiger partial charge on any atom is 0.0948 e. The summed E-state index contributed by atoms with van der Waals surface area (Å²) in [5.41, 5.74) is 1.49. The van der Waals surface area contributed by atoms with Crippen LogP contribution in [0.5, 0.6) is 0 Å². The second kappa shape index (κ2) is 23.3. The van der Waals surface area contributed by atoms with Crippen molar-refractivity contribution in [2.75, 3.05) is 0 Å². The van der Waals surface area contributed by atoms with Crippen molar-refractivity contribution < 1.29 is 0 Å². The van der Waals surface area contributed by atoms with E-state index < -0.39 is 0 Å². The highest BCUT2D eigenvalue weighted by atomic mass is 15.1. The normalized spacial score (nSPS) is 13.1. The summed E-state index contributed by atoms with van der Waals surface area (Å²) in [6.07, 6.45) is 38.5. The minimum absolute atomic E-state index is 0.575. The Kier molecular flexibility index (Phi) is 20.0. The SMILES string of the molecule is CCCCCCCCCCCCCCCCCCCC(C(CCCCC)Cc1ccccc1)n1ccnc1. The average Bonchev–Trinajstić information content (AvgIpc) is 3.47. The molecule has 2 unspecified atom stereocenters. The van der Waals surface area contributed by atoms with Gasteiger partial charge in [-0.1, -0.05) is 173 Å². The first kappa shape index (κ1) is 32.6. The molecule has 0 saturated heterocycles. The van der Waals surface area contributed by atoms with Gasteiger partial charge in [0.25, 0.3) is 0 Å². The summed E-state index contributed by atoms with van der Waals surface area (Å²) in [6.45, 7) is 4.62. The number of benzene rings is 1. The van der Waals surface area contributed by atoms with Gasteiger partial charge in [0.05, 0.1) is 6.33 Å². The Morgan fingerprint density at radius 2 is 1.05 bits per heavy atom. The van der Waals surface area contributed by atoms with Crippen LogP contribution in [-0.4, -0.2) is 9.55 Å². The Hall–Kier alpha value is -1.57. The van der Waals surface area contributed by atoms with E-state index in [1.807, 2.05) is 6.20 Å². The maximum atomic E-state index is 4.42. The molecule has 0 spiro atoms. The molecule has 2 aromatic rings. The minimum Gasteiger partial charge on any atom is -0.334 e. The molecule has 0 saturated carbocycles. The van der Waals surface area contributed by atoms with E-state index in [0.29, 0.717) is 12.0 Å². The van der Waals surface area contributed by atoms with Crippen LogP contribution in [0.15, 0.2) is 49.1 Å². The molecule has 0 radical (unpaired) electrons. The molecule has 38 heavy (non-hydrogen) atoms. The van der Waals surface area contributed by atoms with Gasteiger partial charge in [-0.25, -0.2) is 4.98 Å². The molecule has 0 aliphatic heterocycles. The number of rotatable bonds is 26. The lowest BCUT2D eigenvalue weighted by atomic mass is 9.84. The largest absolute Gasteiger partial charge is 0.334 e. The molecule has 0 aliphatic carbocycles. The van der Waals surface area contributed by atoms with E-state index in [2.05, 4.69) is 66.3 Å². The fourth-order valence-corrected chi connectivity index (χ4v) is 6.18. The summed E-state index contributed by atoms with van der Waals surface area (Å²) in [5.74, 6) is 0.694. The predicted molar refractivity (Wildman–Crippen MR) is 168 cm³/mol. The van der Waals surface area contributed by atoms with E-state index in [1.54, 1.807) is 0 Å². The molecule has 0 fully saturated rings. The molecule has 2 heteroatoms. The van der Waals surface area contributed by atoms with Crippen LogP contribution in [0.2, 0.25) is 0 Å². The number of nitrogens with zero attached hydrogens (tertiary/aromatic N) is 2. The van der Waals surface area contributed by atoms with E-state index in [4.69, 9.17) is 0 Å². The zero-order valence-electron chi connectivity index (χ0n) is 25.4. The summed E-state index contributed by atoms with van der Waals surface area (Å²) < 4.78 is 2.42. The van der Waals surface area contributed by atoms with E-state index in [0.717, 1.165) is 0 Å². The Labute approximate surface area is 237 Å². The second-order valence-electron chi connectivity index (χ2n) is 12.0. The fourth-order valence-electron chi connectivity index (χ4n) is 6.18. The first-order chi connectivity index (χ1) is 18.8. The van der Waals surface area contributed by atoms with Crippen molar-refractivity contribution in [1.29, 1.82) is 0 Å². The van der Waals surface area contributed by atoms with Gasteiger partial charge in [0, 0.05) is 18.4 Å². The molecule has 0 amide bonds. The van der Waals surface area contributed by atoms with Crippen LogP contribution < -0.4 is 0 Å². The van der Waals surface area contributed by atoms with Gasteiger partial charge in [0.2, 0.25) is 0 Å². The van der Waals surface area contributed by atoms with Crippen LogP contribution in [0.4, 0.5) is 0 Å². The molecule has 0 bridgehead atoms. The summed E-state index contributed by atoms with van der Waals surface area (Å²) in [4.78, 5) is 4.42. The summed E-state index contributed by atoms with van der Waals surface area (Å²) >= 11 is 0. The van der Waals surface area contributed by atoms with Crippen LogP contribution in [0.25, 0.3) is 0 Å². The third-order valence-electron chi connectivity index (χ3n) is 8.57. The van der Waals surface area contributed by atoms with Crippen molar-refractivity contribution in [3.05, 3.63) is 54.6 Å². The average molecular weight is 523 g/mol. The number of hydrogen-bond acceptors (Lipinski definition) is 1. The van der Waals surface area contributed by atoms with Crippen molar-refractivity contribution in [2.45, 2.75) is 168 Å². The third kappa shape index (κ3) is 15.7. The predicted octanol–water partition coefficient (Wildman–Crippen LogP) is 11.9. The highest BCUT2D eigenvalue weighted by Gasteiger charge is 2.22. The van der Waals surface area contributed by atoms with Crippen molar-refractivity contribution >= 4 is 0 Å². The molecule has 216 valence electrons. The molecule has 2 nitrogen and oxygen atoms in total. The number of unbranched alkanes of at least 4 members (excludes halogenated alkanes) is 18. The second-order valence-corrected chi connectivity index (χ2v) is 12.0. The lowest BCUT2D eigenvalue weighted by molar-refractivity contribution is 0.276. The van der Waals surface area contributed by atoms with Crippen LogP contribution in [-0.2, 0) is 6.42 Å². The quantitative estimate of drug-likeness (QED) is 0.112. The van der Waals surface area contributed by atoms with Crippen molar-refractivity contribution in [3.8, 4) is 0 Å². The number of imidazole rings is 1. The first-order valence-corrected chi connectivity index (χ1v) is 16.9. The maximum absolute atomic E-state index is 4.42. The molecule has 0 aliphatic rings. The standard InChI is InChI=1S/C36H62N2/c1-3-5-7-8-9-10-11-12-13-14-15-16-17-18-19-20-25-29-36(38-31-30-37-33-38)35(28-22-6-4-2)32-34-26-23-21-24-27-34/h21,23-24,26-27,30-31,33,35-36H,3-20,22,25,28-29,32H2,1-2H3. The van der Waals surface area contributed by atoms with Gasteiger partial charge in [-0.15, -0.1) is 0 Å². The zero-order valence-corrected chi connectivity index (χ0v) is 25.4. The molecule has 1 heterocycles. The van der Waals surface area contributed by atoms with E-state index in [9.17, 15) is 0 Å². The van der Waals surface area contributed by atoms with Gasteiger partial charge in [0.15, 0.2) is 0 Å². The van der Waals surface area contributed by atoms with Gasteiger partial charge in [-0.3, -0.25) is 0 Å². The number of hydrogen-bond donors (Lipinski definition) is 0. The Morgan fingerprint density at radius 1 is 0.579 bits per heavy atom. The molecule has 2 atom stereocenters. The summed E-state index contributed by atoms with van der Waals surface area (Å²) in [6, 6.07) is 11.7. The number of aromatic nitrogens is 2. The van der Waals surface area contributed by atoms with Gasteiger partial charge in [0.1, 0.15) is 0 Å². The minimum atomic E-state index is 0.575. The van der Waals surface area contributed by atoms with E-state index >= 15 is 0 Å². The summed E-state index contributed by atoms with van der Waals surface area (Å²) in [5, 5.41) is 0. The highest BCUT2D eigenvalue weighted by Crippen LogP contribution is 2.32. The molecular weight excluding hydrogens is 460 g/mol. The van der Waals surface area contributed by atoms with E-state index in [1.165, 1.54) is 153 Å². The zero-order chi connectivity index (χ0) is 26.9. The van der Waals surface area contributed by atoms with Crippen molar-refractivity contribution in [2.24, 2.45) is 5.92 Å². The lowest BCUT2D eigenvalue weighted by Gasteiger charge is -2.29. The molecule has 1 aromatic carbocycles. The molecule has 0 N–H and O–H groups in total. The van der Waals surface area contributed by atoms with Crippen LogP contribution in [0.3, 0.4) is 0 Å². The molecule has 2 rings (SSSR count). The van der Waals surface area contributed by atoms with E-state index in [-0.39, 0.29) is 0 Å². The highest BCUT2D eigenvalue weighted by molar-refractivity contribution is 5.15. The summed E-state index contributed by atoms with van der Waals surface area (Å²) in [7, 11) is 0. The topological polar surface area (TPSA) is 17.8 Å². The monoisotopic (exact) mass is 522 g/mol. The van der Waals surface area contributed by atoms with Gasteiger partial charge < -0.3 is 4.57 Å². The Balaban J connectivity index is 1.59. The Morgan fingerprint density at radius 3 is 1.55 bits per heavy atom. The van der Waals surface area contributed by atoms with Crippen molar-refractivity contribution in [1.82, 2.24) is 9.55 Å². The van der Waals surface area contributed by atoms with Gasteiger partial charge in [-0.05, 0) is 30.7 Å². The Bertz CT molecular complexity index is 723.